The van der Waals surface area contributed by atoms with Crippen LogP contribution in [0.2, 0.25) is 0 Å². The van der Waals surface area contributed by atoms with Crippen LogP contribution in [0.3, 0.4) is 0 Å². The fraction of sp³-hybridized carbons (Fsp3) is 0. The molecule has 1 aromatic carbocycles. The van der Waals surface area contributed by atoms with E-state index in [-0.39, 0.29) is 11.5 Å². The highest BCUT2D eigenvalue weighted by Crippen LogP contribution is 2.25. The molecule has 0 spiro atoms. The average molecular weight is 310 g/mol. The number of hydrogen-bond acceptors (Lipinski definition) is 5. The highest BCUT2D eigenvalue weighted by Gasteiger charge is 1.98. The minimum absolute atomic E-state index is 0.229. The van der Waals surface area contributed by atoms with E-state index in [0.717, 1.165) is 6.08 Å². The summed E-state index contributed by atoms with van der Waals surface area (Å²) in [4.78, 5) is 34.1. The van der Waals surface area contributed by atoms with Crippen LogP contribution in [0.25, 0.3) is 6.08 Å². The third-order valence-corrected chi connectivity index (χ3v) is 2.19. The zero-order valence-corrected chi connectivity index (χ0v) is 10.9. The van der Waals surface area contributed by atoms with Crippen molar-refractivity contribution in [2.75, 3.05) is 0 Å². The molecule has 0 unspecified atom stereocenters. The zero-order valence-electron chi connectivity index (χ0n) is 10.9. The molecule has 0 saturated heterocycles. The minimum Gasteiger partial charge on any atom is -0.504 e. The summed E-state index contributed by atoms with van der Waals surface area (Å²) in [6.07, 6.45) is 2.98. The van der Waals surface area contributed by atoms with E-state index in [1.165, 1.54) is 24.3 Å². The Labute approximate surface area is 121 Å². The molecule has 0 atom stereocenters. The van der Waals surface area contributed by atoms with Crippen molar-refractivity contribution in [3.63, 3.8) is 0 Å². The first-order chi connectivity index (χ1) is 10.3. The summed E-state index contributed by atoms with van der Waals surface area (Å²) in [5.74, 6) is -2.55. The second-order valence-electron chi connectivity index (χ2n) is 3.84. The van der Waals surface area contributed by atoms with E-state index in [1.807, 2.05) is 4.98 Å². The summed E-state index contributed by atoms with van der Waals surface area (Å²) in [6.45, 7) is 0. The van der Waals surface area contributed by atoms with Crippen molar-refractivity contribution in [2.45, 2.75) is 0 Å². The molecule has 0 fully saturated rings. The molecule has 0 radical (unpaired) electrons. The summed E-state index contributed by atoms with van der Waals surface area (Å²) in [7, 11) is 0. The van der Waals surface area contributed by atoms with E-state index in [2.05, 4.69) is 0 Å². The first kappa shape index (κ1) is 16.7. The number of rotatable bonds is 2. The standard InChI is InChI=1S/C9H8O4.C4H3FN2O2/c10-7-3-1-6(5-8(7)11)2-4-9(12)13;5-2-1-6-4(9)7-3(2)8/h1-5,10-11H,(H,12,13);1H,(H2,6,7,8,9)/b4-2+;. The van der Waals surface area contributed by atoms with Gasteiger partial charge in [-0.05, 0) is 23.8 Å². The van der Waals surface area contributed by atoms with Gasteiger partial charge in [-0.3, -0.25) is 9.78 Å². The largest absolute Gasteiger partial charge is 0.504 e. The molecule has 0 aliphatic carbocycles. The van der Waals surface area contributed by atoms with Gasteiger partial charge in [0.1, 0.15) is 0 Å². The molecule has 116 valence electrons. The first-order valence-corrected chi connectivity index (χ1v) is 5.70. The molecule has 0 saturated carbocycles. The molecular formula is C13H11FN2O6. The number of phenols is 2. The predicted octanol–water partition coefficient (Wildman–Crippen LogP) is 0.398. The van der Waals surface area contributed by atoms with Crippen LogP contribution >= 0.6 is 0 Å². The fourth-order valence-corrected chi connectivity index (χ4v) is 1.21. The normalized spacial score (nSPS) is 10.0. The van der Waals surface area contributed by atoms with Crippen LogP contribution in [0.4, 0.5) is 4.39 Å². The maximum absolute atomic E-state index is 12.0. The van der Waals surface area contributed by atoms with E-state index in [1.54, 1.807) is 4.98 Å². The molecule has 2 aromatic rings. The Kier molecular flexibility index (Phi) is 5.64. The van der Waals surface area contributed by atoms with Gasteiger partial charge < -0.3 is 20.3 Å². The summed E-state index contributed by atoms with van der Waals surface area (Å²) < 4.78 is 12.0. The van der Waals surface area contributed by atoms with Crippen molar-refractivity contribution >= 4 is 12.0 Å². The quantitative estimate of drug-likeness (QED) is 0.401. The maximum Gasteiger partial charge on any atom is 0.328 e. The lowest BCUT2D eigenvalue weighted by Gasteiger charge is -1.97. The number of hydrogen-bond donors (Lipinski definition) is 5. The van der Waals surface area contributed by atoms with Crippen molar-refractivity contribution in [1.82, 2.24) is 9.97 Å². The third kappa shape index (κ3) is 5.33. The van der Waals surface area contributed by atoms with Gasteiger partial charge in [0.15, 0.2) is 11.5 Å². The number of aliphatic carboxylic acids is 1. The fourth-order valence-electron chi connectivity index (χ4n) is 1.21. The number of carboxylic acids is 1. The molecule has 0 amide bonds. The molecule has 0 aliphatic heterocycles. The van der Waals surface area contributed by atoms with Crippen molar-refractivity contribution in [3.8, 4) is 11.5 Å². The van der Waals surface area contributed by atoms with E-state index >= 15 is 0 Å². The Hall–Kier alpha value is -3.36. The Morgan fingerprint density at radius 2 is 1.86 bits per heavy atom. The summed E-state index contributed by atoms with van der Waals surface area (Å²) in [5, 5.41) is 26.3. The Bertz CT molecular complexity index is 809. The number of benzene rings is 1. The molecular weight excluding hydrogens is 299 g/mol. The summed E-state index contributed by atoms with van der Waals surface area (Å²) in [6, 6.07) is 4.06. The van der Waals surface area contributed by atoms with Gasteiger partial charge in [-0.1, -0.05) is 6.07 Å². The molecule has 8 nitrogen and oxygen atoms in total. The lowest BCUT2D eigenvalue weighted by Crippen LogP contribution is -2.23. The molecule has 9 heteroatoms. The lowest BCUT2D eigenvalue weighted by molar-refractivity contribution is -0.131. The number of aromatic amines is 2. The number of phenolic OH excluding ortho intramolecular Hbond substituents is 2. The van der Waals surface area contributed by atoms with Crippen LogP contribution in [0.15, 0.2) is 40.1 Å². The zero-order chi connectivity index (χ0) is 16.7. The second kappa shape index (κ2) is 7.43. The van der Waals surface area contributed by atoms with E-state index in [9.17, 15) is 18.8 Å². The van der Waals surface area contributed by atoms with Gasteiger partial charge in [-0.25, -0.2) is 9.59 Å². The Balaban J connectivity index is 0.000000235. The SMILES string of the molecule is O=C(O)/C=C/c1ccc(O)c(O)c1.O=c1[nH]cc(F)c(=O)[nH]1. The van der Waals surface area contributed by atoms with E-state index < -0.39 is 23.0 Å². The molecule has 1 heterocycles. The van der Waals surface area contributed by atoms with Crippen molar-refractivity contribution in [3.05, 3.63) is 62.7 Å². The maximum atomic E-state index is 12.0. The van der Waals surface area contributed by atoms with Crippen LogP contribution < -0.4 is 11.2 Å². The molecule has 0 bridgehead atoms. The number of nitrogens with one attached hydrogen (secondary N) is 2. The number of carbonyl (C=O) groups is 1. The summed E-state index contributed by atoms with van der Waals surface area (Å²) in [5.41, 5.74) is -1.20. The minimum atomic E-state index is -1.06. The molecule has 22 heavy (non-hydrogen) atoms. The number of carboxylic acid groups (broad SMARTS) is 1. The average Bonchev–Trinajstić information content (AvgIpc) is 2.45. The highest BCUT2D eigenvalue weighted by atomic mass is 19.1. The Morgan fingerprint density at radius 3 is 2.36 bits per heavy atom. The molecule has 1 aromatic heterocycles. The number of aromatic nitrogens is 2. The van der Waals surface area contributed by atoms with E-state index in [0.29, 0.717) is 11.8 Å². The monoisotopic (exact) mass is 310 g/mol. The van der Waals surface area contributed by atoms with Crippen LogP contribution in [0.1, 0.15) is 5.56 Å². The molecule has 0 aliphatic rings. The van der Waals surface area contributed by atoms with E-state index in [4.69, 9.17) is 15.3 Å². The van der Waals surface area contributed by atoms with Gasteiger partial charge >= 0.3 is 11.7 Å². The van der Waals surface area contributed by atoms with Crippen molar-refractivity contribution < 1.29 is 24.5 Å². The van der Waals surface area contributed by atoms with Gasteiger partial charge in [0.2, 0.25) is 5.82 Å². The van der Waals surface area contributed by atoms with Crippen LogP contribution in [0, 0.1) is 5.82 Å². The van der Waals surface area contributed by atoms with Gasteiger partial charge in [-0.2, -0.15) is 4.39 Å². The first-order valence-electron chi connectivity index (χ1n) is 5.70. The third-order valence-electron chi connectivity index (χ3n) is 2.19. The van der Waals surface area contributed by atoms with Crippen LogP contribution in [-0.2, 0) is 4.79 Å². The number of H-pyrrole nitrogens is 2. The highest BCUT2D eigenvalue weighted by molar-refractivity contribution is 5.85. The van der Waals surface area contributed by atoms with Gasteiger partial charge in [-0.15, -0.1) is 0 Å². The summed E-state index contributed by atoms with van der Waals surface area (Å²) >= 11 is 0. The Morgan fingerprint density at radius 1 is 1.18 bits per heavy atom. The smallest absolute Gasteiger partial charge is 0.328 e. The second-order valence-corrected chi connectivity index (χ2v) is 3.84. The van der Waals surface area contributed by atoms with Crippen molar-refractivity contribution in [2.24, 2.45) is 0 Å². The van der Waals surface area contributed by atoms with Crippen molar-refractivity contribution in [1.29, 1.82) is 0 Å². The van der Waals surface area contributed by atoms with Gasteiger partial charge in [0.25, 0.3) is 5.56 Å². The number of aromatic hydroxyl groups is 2. The van der Waals surface area contributed by atoms with Gasteiger partial charge in [0.05, 0.1) is 0 Å². The molecule has 5 N–H and O–H groups in total. The van der Waals surface area contributed by atoms with Crippen LogP contribution in [0.5, 0.6) is 11.5 Å². The number of halogens is 1. The molecule has 2 rings (SSSR count). The van der Waals surface area contributed by atoms with Gasteiger partial charge in [0, 0.05) is 12.3 Å². The topological polar surface area (TPSA) is 143 Å². The predicted molar refractivity (Wildman–Crippen MR) is 74.1 cm³/mol. The lowest BCUT2D eigenvalue weighted by atomic mass is 10.2. The van der Waals surface area contributed by atoms with Crippen LogP contribution in [-0.4, -0.2) is 31.3 Å².